The molecule has 3 heterocycles. The number of carbonyl (C=O) groups is 1. The van der Waals surface area contributed by atoms with E-state index < -0.39 is 6.23 Å². The van der Waals surface area contributed by atoms with Crippen LogP contribution >= 0.6 is 23.2 Å². The molecule has 0 saturated heterocycles. The van der Waals surface area contributed by atoms with Gasteiger partial charge in [0.2, 0.25) is 5.91 Å². The number of oxazole rings is 1. The standard InChI is InChI=1S/C15H12Cl2N6O3/c1-22-12(25)4-18-14-13(22)19-6-23(14)5-11(24)21-15-20-9-2-7(16)8(17)3-10(9)26-15/h2-4,6,12,25H,5H2,1H3,(H,20,21,24). The number of aliphatic hydroxyl groups excluding tert-OH is 1. The normalized spacial score (nSPS) is 16.2. The van der Waals surface area contributed by atoms with Crippen molar-refractivity contribution in [3.8, 4) is 0 Å². The second-order valence-electron chi connectivity index (χ2n) is 5.62. The van der Waals surface area contributed by atoms with Crippen LogP contribution in [-0.2, 0) is 11.3 Å². The van der Waals surface area contributed by atoms with Crippen LogP contribution in [0.1, 0.15) is 0 Å². The summed E-state index contributed by atoms with van der Waals surface area (Å²) in [6, 6.07) is 3.12. The molecule has 1 unspecified atom stereocenters. The fraction of sp³-hybridized carbons (Fsp3) is 0.200. The predicted octanol–water partition coefficient (Wildman–Crippen LogP) is 2.44. The lowest BCUT2D eigenvalue weighted by Gasteiger charge is -2.24. The average Bonchev–Trinajstić information content (AvgIpc) is 3.15. The van der Waals surface area contributed by atoms with Crippen LogP contribution in [0, 0.1) is 0 Å². The molecular formula is C15H12Cl2N6O3. The number of fused-ring (bicyclic) bond motifs is 2. The van der Waals surface area contributed by atoms with E-state index in [0.717, 1.165) is 0 Å². The summed E-state index contributed by atoms with van der Waals surface area (Å²) in [6.45, 7) is -0.0517. The second kappa shape index (κ2) is 6.27. The first kappa shape index (κ1) is 16.8. The van der Waals surface area contributed by atoms with Gasteiger partial charge < -0.3 is 19.0 Å². The minimum Gasteiger partial charge on any atom is -0.423 e. The molecule has 0 bridgehead atoms. The number of hydrogen-bond donors (Lipinski definition) is 2. The van der Waals surface area contributed by atoms with E-state index in [1.54, 1.807) is 22.6 Å². The molecule has 1 aliphatic rings. The van der Waals surface area contributed by atoms with Gasteiger partial charge in [-0.25, -0.2) is 9.98 Å². The van der Waals surface area contributed by atoms with Gasteiger partial charge in [0.1, 0.15) is 12.1 Å². The predicted molar refractivity (Wildman–Crippen MR) is 97.4 cm³/mol. The van der Waals surface area contributed by atoms with E-state index in [9.17, 15) is 9.90 Å². The molecule has 11 heteroatoms. The number of benzene rings is 1. The Balaban J connectivity index is 1.52. The first-order chi connectivity index (χ1) is 12.4. The number of imidazole rings is 1. The highest BCUT2D eigenvalue weighted by molar-refractivity contribution is 6.42. The summed E-state index contributed by atoms with van der Waals surface area (Å²) >= 11 is 11.9. The molecule has 3 aromatic rings. The van der Waals surface area contributed by atoms with Gasteiger partial charge in [-0.05, 0) is 6.07 Å². The average molecular weight is 395 g/mol. The van der Waals surface area contributed by atoms with E-state index in [-0.39, 0.29) is 18.5 Å². The molecule has 0 radical (unpaired) electrons. The van der Waals surface area contributed by atoms with Gasteiger partial charge in [-0.15, -0.1) is 0 Å². The molecule has 2 N–H and O–H groups in total. The van der Waals surface area contributed by atoms with Crippen LogP contribution in [0.25, 0.3) is 11.1 Å². The molecular weight excluding hydrogens is 383 g/mol. The van der Waals surface area contributed by atoms with Crippen LogP contribution in [0.4, 0.5) is 17.7 Å². The number of nitrogens with zero attached hydrogens (tertiary/aromatic N) is 5. The lowest BCUT2D eigenvalue weighted by Crippen LogP contribution is -2.34. The number of nitrogens with one attached hydrogen (secondary N) is 1. The molecule has 0 fully saturated rings. The minimum absolute atomic E-state index is 0.0355. The van der Waals surface area contributed by atoms with Crippen molar-refractivity contribution >= 4 is 64.1 Å². The summed E-state index contributed by atoms with van der Waals surface area (Å²) in [5.74, 6) is 0.584. The molecule has 1 atom stereocenters. The molecule has 26 heavy (non-hydrogen) atoms. The third-order valence-corrected chi connectivity index (χ3v) is 4.57. The lowest BCUT2D eigenvalue weighted by molar-refractivity contribution is -0.116. The van der Waals surface area contributed by atoms with Crippen molar-refractivity contribution in [1.82, 2.24) is 14.5 Å². The number of carbonyl (C=O) groups excluding carboxylic acids is 1. The van der Waals surface area contributed by atoms with Crippen molar-refractivity contribution in [2.45, 2.75) is 12.8 Å². The summed E-state index contributed by atoms with van der Waals surface area (Å²) < 4.78 is 7.01. The first-order valence-electron chi connectivity index (χ1n) is 7.48. The highest BCUT2D eigenvalue weighted by Crippen LogP contribution is 2.31. The third-order valence-electron chi connectivity index (χ3n) is 3.84. The molecule has 1 aliphatic heterocycles. The molecule has 1 amide bonds. The van der Waals surface area contributed by atoms with Gasteiger partial charge in [0, 0.05) is 13.1 Å². The van der Waals surface area contributed by atoms with Crippen molar-refractivity contribution < 1.29 is 14.3 Å². The van der Waals surface area contributed by atoms with Crippen LogP contribution in [0.5, 0.6) is 0 Å². The third kappa shape index (κ3) is 2.90. The number of aromatic nitrogens is 3. The zero-order valence-corrected chi connectivity index (χ0v) is 14.9. The van der Waals surface area contributed by atoms with Gasteiger partial charge in [0.25, 0.3) is 0 Å². The smallest absolute Gasteiger partial charge is 0.302 e. The summed E-state index contributed by atoms with van der Waals surface area (Å²) in [6.07, 6.45) is 1.99. The lowest BCUT2D eigenvalue weighted by atomic mass is 10.3. The van der Waals surface area contributed by atoms with Crippen LogP contribution in [0.15, 0.2) is 27.9 Å². The topological polar surface area (TPSA) is 109 Å². The summed E-state index contributed by atoms with van der Waals surface area (Å²) in [5, 5.41) is 13.0. The van der Waals surface area contributed by atoms with E-state index in [1.807, 2.05) is 0 Å². The zero-order valence-electron chi connectivity index (χ0n) is 13.3. The molecule has 1 aromatic carbocycles. The van der Waals surface area contributed by atoms with Crippen molar-refractivity contribution in [2.24, 2.45) is 4.99 Å². The van der Waals surface area contributed by atoms with Crippen molar-refractivity contribution in [2.75, 3.05) is 17.3 Å². The first-order valence-corrected chi connectivity index (χ1v) is 8.23. The number of aliphatic hydroxyl groups is 1. The molecule has 2 aromatic heterocycles. The molecule has 134 valence electrons. The summed E-state index contributed by atoms with van der Waals surface area (Å²) in [4.78, 5) is 26.3. The second-order valence-corrected chi connectivity index (χ2v) is 6.44. The Kier molecular flexibility index (Phi) is 4.06. The monoisotopic (exact) mass is 394 g/mol. The highest BCUT2D eigenvalue weighted by Gasteiger charge is 2.23. The van der Waals surface area contributed by atoms with Gasteiger partial charge in [0.15, 0.2) is 23.4 Å². The van der Waals surface area contributed by atoms with E-state index in [1.165, 1.54) is 18.6 Å². The van der Waals surface area contributed by atoms with E-state index in [4.69, 9.17) is 27.6 Å². The largest absolute Gasteiger partial charge is 0.423 e. The van der Waals surface area contributed by atoms with E-state index >= 15 is 0 Å². The fourth-order valence-corrected chi connectivity index (χ4v) is 2.83. The van der Waals surface area contributed by atoms with Gasteiger partial charge in [-0.2, -0.15) is 4.98 Å². The Bertz CT molecular complexity index is 1000. The van der Waals surface area contributed by atoms with Crippen LogP contribution in [-0.4, -0.2) is 45.0 Å². The van der Waals surface area contributed by atoms with Gasteiger partial charge >= 0.3 is 6.01 Å². The molecule has 4 rings (SSSR count). The van der Waals surface area contributed by atoms with Crippen molar-refractivity contribution in [3.63, 3.8) is 0 Å². The van der Waals surface area contributed by atoms with Crippen molar-refractivity contribution in [1.29, 1.82) is 0 Å². The van der Waals surface area contributed by atoms with Crippen molar-refractivity contribution in [3.05, 3.63) is 28.5 Å². The number of aliphatic imine (C=N–C) groups is 1. The molecule has 9 nitrogen and oxygen atoms in total. The fourth-order valence-electron chi connectivity index (χ4n) is 2.51. The Hall–Kier alpha value is -2.62. The molecule has 0 saturated carbocycles. The molecule has 0 spiro atoms. The number of halogens is 2. The van der Waals surface area contributed by atoms with Crippen LogP contribution < -0.4 is 10.2 Å². The number of rotatable bonds is 3. The Morgan fingerprint density at radius 3 is 2.96 bits per heavy atom. The maximum atomic E-state index is 12.3. The van der Waals surface area contributed by atoms with E-state index in [2.05, 4.69) is 20.3 Å². The van der Waals surface area contributed by atoms with Crippen LogP contribution in [0.3, 0.4) is 0 Å². The highest BCUT2D eigenvalue weighted by atomic mass is 35.5. The SMILES string of the molecule is CN1c2ncn(CC(=O)Nc3nc4cc(Cl)c(Cl)cc4o3)c2N=CC1O. The maximum absolute atomic E-state index is 12.3. The Morgan fingerprint density at radius 1 is 1.38 bits per heavy atom. The minimum atomic E-state index is -0.849. The number of anilines is 2. The van der Waals surface area contributed by atoms with Gasteiger partial charge in [-0.1, -0.05) is 23.2 Å². The summed E-state index contributed by atoms with van der Waals surface area (Å²) in [5.41, 5.74) is 0.893. The quantitative estimate of drug-likeness (QED) is 0.705. The Labute approximate surface area is 156 Å². The van der Waals surface area contributed by atoms with Gasteiger partial charge in [-0.3, -0.25) is 10.1 Å². The number of hydrogen-bond acceptors (Lipinski definition) is 7. The number of amides is 1. The molecule has 0 aliphatic carbocycles. The maximum Gasteiger partial charge on any atom is 0.302 e. The summed E-state index contributed by atoms with van der Waals surface area (Å²) in [7, 11) is 1.68. The van der Waals surface area contributed by atoms with Gasteiger partial charge in [0.05, 0.1) is 22.6 Å². The zero-order chi connectivity index (χ0) is 18.4. The van der Waals surface area contributed by atoms with E-state index in [0.29, 0.717) is 32.8 Å². The Morgan fingerprint density at radius 2 is 2.15 bits per heavy atom. The van der Waals surface area contributed by atoms with Crippen LogP contribution in [0.2, 0.25) is 10.0 Å².